The molecule has 0 aromatic heterocycles. The summed E-state index contributed by atoms with van der Waals surface area (Å²) in [7, 11) is 0. The largest absolute Gasteiger partial charge is 0.592 e. The van der Waals surface area contributed by atoms with Gasteiger partial charge in [-0.15, -0.1) is 0 Å². The van der Waals surface area contributed by atoms with Crippen LogP contribution in [0.1, 0.15) is 17.3 Å². The summed E-state index contributed by atoms with van der Waals surface area (Å²) in [6.07, 6.45) is 0. The molecule has 0 aliphatic heterocycles. The molecule has 13 heavy (non-hydrogen) atoms. The van der Waals surface area contributed by atoms with E-state index >= 15 is 0 Å². The number of hydrogen-bond acceptors (Lipinski definition) is 3. The van der Waals surface area contributed by atoms with Crippen LogP contribution in [-0.4, -0.2) is 15.9 Å². The van der Waals surface area contributed by atoms with Gasteiger partial charge in [0, 0.05) is 17.7 Å². The zero-order valence-electron chi connectivity index (χ0n) is 6.97. The molecule has 0 unspecified atom stereocenters. The van der Waals surface area contributed by atoms with E-state index in [-0.39, 0.29) is 16.3 Å². The van der Waals surface area contributed by atoms with Crippen molar-refractivity contribution in [3.05, 3.63) is 35.0 Å². The predicted molar refractivity (Wildman–Crippen MR) is 43.9 cm³/mol. The van der Waals surface area contributed by atoms with E-state index in [1.54, 1.807) is 0 Å². The van der Waals surface area contributed by atoms with Gasteiger partial charge in [0.2, 0.25) is 11.0 Å². The molecule has 0 radical (unpaired) electrons. The maximum Gasteiger partial charge on any atom is 0.248 e. The fourth-order valence-corrected chi connectivity index (χ4v) is 0.875. The van der Waals surface area contributed by atoms with E-state index in [0.29, 0.717) is 5.56 Å². The smallest absolute Gasteiger partial charge is 0.248 e. The first-order chi connectivity index (χ1) is 6.15. The van der Waals surface area contributed by atoms with Crippen molar-refractivity contribution in [2.45, 2.75) is 6.92 Å². The normalized spacial score (nSPS) is 11.3. The summed E-state index contributed by atoms with van der Waals surface area (Å²) in [6.45, 7) is 1.43. The Bertz CT molecular complexity index is 343. The minimum atomic E-state index is -0.0788. The van der Waals surface area contributed by atoms with E-state index in [1.807, 2.05) is 0 Å². The van der Waals surface area contributed by atoms with Gasteiger partial charge < -0.3 is 10.4 Å². The second-order valence-corrected chi connectivity index (χ2v) is 2.47. The molecular formula is C8H8N2O3. The number of carbonyl (C=O) groups is 1. The van der Waals surface area contributed by atoms with Crippen LogP contribution in [-0.2, 0) is 0 Å². The molecule has 5 nitrogen and oxygen atoms in total. The van der Waals surface area contributed by atoms with Crippen molar-refractivity contribution < 1.29 is 14.9 Å². The Hall–Kier alpha value is -1.91. The quantitative estimate of drug-likeness (QED) is 0.326. The van der Waals surface area contributed by atoms with E-state index in [4.69, 9.17) is 5.21 Å². The van der Waals surface area contributed by atoms with Crippen LogP contribution in [0, 0.1) is 5.21 Å². The lowest BCUT2D eigenvalue weighted by Gasteiger charge is -1.97. The summed E-state index contributed by atoms with van der Waals surface area (Å²) in [6, 6.07) is 5.80. The average molecular weight is 180 g/mol. The molecule has 1 rings (SSSR count). The number of carbonyl (C=O) groups excluding carboxylic acids is 1. The summed E-state index contributed by atoms with van der Waals surface area (Å²) in [4.78, 5) is 10.9. The van der Waals surface area contributed by atoms with Crippen molar-refractivity contribution in [3.63, 3.8) is 0 Å². The SMILES string of the molecule is CC(=O)c1ccc(/[N+]([O-])=N/O)cc1. The molecule has 1 aromatic carbocycles. The van der Waals surface area contributed by atoms with Crippen LogP contribution in [0.4, 0.5) is 5.69 Å². The molecule has 0 aliphatic rings. The number of nitrogens with zero attached hydrogens (tertiary/aromatic N) is 2. The third-order valence-electron chi connectivity index (χ3n) is 1.58. The Labute approximate surface area is 74.5 Å². The van der Waals surface area contributed by atoms with Gasteiger partial charge in [0.05, 0.1) is 0 Å². The van der Waals surface area contributed by atoms with Gasteiger partial charge in [-0.05, 0) is 23.9 Å². The second-order valence-electron chi connectivity index (χ2n) is 2.47. The fourth-order valence-electron chi connectivity index (χ4n) is 0.875. The van der Waals surface area contributed by atoms with Gasteiger partial charge in [0.1, 0.15) is 0 Å². The minimum absolute atomic E-state index is 0.0594. The molecule has 0 aliphatic carbocycles. The monoisotopic (exact) mass is 180 g/mol. The number of rotatable bonds is 2. The van der Waals surface area contributed by atoms with Gasteiger partial charge in [-0.25, -0.2) is 0 Å². The number of hydrogen-bond donors (Lipinski definition) is 1. The average Bonchev–Trinajstić information content (AvgIpc) is 2.17. The number of benzene rings is 1. The van der Waals surface area contributed by atoms with Crippen LogP contribution in [0.15, 0.2) is 29.5 Å². The summed E-state index contributed by atoms with van der Waals surface area (Å²) in [5.41, 5.74) is 0.683. The molecular weight excluding hydrogens is 172 g/mol. The summed E-state index contributed by atoms with van der Waals surface area (Å²) in [5, 5.41) is 21.3. The molecule has 1 aromatic rings. The maximum absolute atomic E-state index is 10.8. The molecule has 0 saturated carbocycles. The lowest BCUT2D eigenvalue weighted by molar-refractivity contribution is -0.473. The highest BCUT2D eigenvalue weighted by Gasteiger charge is 2.04. The molecule has 0 spiro atoms. The van der Waals surface area contributed by atoms with E-state index < -0.39 is 0 Å². The molecule has 0 heterocycles. The van der Waals surface area contributed by atoms with E-state index in [9.17, 15) is 10.0 Å². The molecule has 0 bridgehead atoms. The first-order valence-electron chi connectivity index (χ1n) is 3.58. The van der Waals surface area contributed by atoms with E-state index in [2.05, 4.69) is 5.28 Å². The van der Waals surface area contributed by atoms with Gasteiger partial charge in [-0.1, -0.05) is 0 Å². The number of Topliss-reactive ketones (excluding diaryl/α,β-unsaturated/α-hetero) is 1. The van der Waals surface area contributed by atoms with Crippen LogP contribution in [0.5, 0.6) is 0 Å². The Balaban J connectivity index is 3.00. The lowest BCUT2D eigenvalue weighted by atomic mass is 10.1. The molecule has 0 fully saturated rings. The molecule has 0 atom stereocenters. The second kappa shape index (κ2) is 3.66. The summed E-state index contributed by atoms with van der Waals surface area (Å²) < 4.78 is 0. The van der Waals surface area contributed by atoms with Gasteiger partial charge in [-0.2, -0.15) is 0 Å². The minimum Gasteiger partial charge on any atom is -0.592 e. The van der Waals surface area contributed by atoms with Gasteiger partial charge in [0.15, 0.2) is 5.78 Å². The van der Waals surface area contributed by atoms with Crippen molar-refractivity contribution in [3.8, 4) is 0 Å². The van der Waals surface area contributed by atoms with Crippen molar-refractivity contribution >= 4 is 11.5 Å². The highest BCUT2D eigenvalue weighted by molar-refractivity contribution is 5.94. The van der Waals surface area contributed by atoms with Crippen LogP contribution >= 0.6 is 0 Å². The number of ketones is 1. The predicted octanol–water partition coefficient (Wildman–Crippen LogP) is 1.87. The van der Waals surface area contributed by atoms with Crippen molar-refractivity contribution in [1.29, 1.82) is 0 Å². The third kappa shape index (κ3) is 2.02. The molecule has 5 heteroatoms. The van der Waals surface area contributed by atoms with Gasteiger partial charge in [-0.3, -0.25) is 4.79 Å². The highest BCUT2D eigenvalue weighted by Crippen LogP contribution is 2.12. The standard InChI is InChI=1S/C8H8N2O3/c1-6(11)7-2-4-8(5-3-7)10(13)9-12/h2-5,12H,1H3/b10-9-. The van der Waals surface area contributed by atoms with Crippen LogP contribution in [0.3, 0.4) is 0 Å². The lowest BCUT2D eigenvalue weighted by Crippen LogP contribution is -1.94. The first-order valence-corrected chi connectivity index (χ1v) is 3.58. The molecule has 68 valence electrons. The fraction of sp³-hybridized carbons (Fsp3) is 0.125. The van der Waals surface area contributed by atoms with E-state index in [1.165, 1.54) is 31.2 Å². The topological polar surface area (TPSA) is 75.7 Å². The van der Waals surface area contributed by atoms with Crippen LogP contribution in [0.2, 0.25) is 0 Å². The summed E-state index contributed by atoms with van der Waals surface area (Å²) >= 11 is 0. The van der Waals surface area contributed by atoms with Crippen molar-refractivity contribution in [2.24, 2.45) is 5.28 Å². The van der Waals surface area contributed by atoms with Crippen LogP contribution in [0.25, 0.3) is 0 Å². The van der Waals surface area contributed by atoms with Crippen LogP contribution < -0.4 is 0 Å². The van der Waals surface area contributed by atoms with E-state index in [0.717, 1.165) is 0 Å². The molecule has 0 amide bonds. The van der Waals surface area contributed by atoms with Crippen molar-refractivity contribution in [2.75, 3.05) is 0 Å². The third-order valence-corrected chi connectivity index (χ3v) is 1.58. The highest BCUT2D eigenvalue weighted by atomic mass is 16.6. The van der Waals surface area contributed by atoms with Gasteiger partial charge in [0.25, 0.3) is 0 Å². The molecule has 1 N–H and O–H groups in total. The Morgan fingerprint density at radius 3 is 2.38 bits per heavy atom. The van der Waals surface area contributed by atoms with Gasteiger partial charge >= 0.3 is 0 Å². The Kier molecular flexibility index (Phi) is 2.59. The zero-order chi connectivity index (χ0) is 9.84. The molecule has 0 saturated heterocycles. The van der Waals surface area contributed by atoms with Crippen molar-refractivity contribution in [1.82, 2.24) is 0 Å². The zero-order valence-corrected chi connectivity index (χ0v) is 6.97. The summed E-state index contributed by atoms with van der Waals surface area (Å²) in [5.74, 6) is -0.0788. The Morgan fingerprint density at radius 1 is 1.46 bits per heavy atom. The first kappa shape index (κ1) is 9.18. The Morgan fingerprint density at radius 2 is 2.00 bits per heavy atom. The maximum atomic E-state index is 10.8.